The summed E-state index contributed by atoms with van der Waals surface area (Å²) in [5.41, 5.74) is 1.28. The van der Waals surface area contributed by atoms with Crippen LogP contribution < -0.4 is 10.6 Å². The molecule has 0 aromatic heterocycles. The molecule has 1 aliphatic rings. The molecule has 0 spiro atoms. The maximum Gasteiger partial charge on any atom is 0.244 e. The number of halogens is 1. The number of carbonyl (C=O) groups is 2. The van der Waals surface area contributed by atoms with Gasteiger partial charge in [-0.1, -0.05) is 11.6 Å². The standard InChI is InChI=1S/C15H20ClN3O3/c1-10(15(21)19-5-7-22-8-6-19)17-12-3-4-14(13(16)9-12)18-11(2)20/h3-4,9-10,17H,5-8H2,1-2H3,(H,18,20)/t10-/m0/s1. The molecule has 6 nitrogen and oxygen atoms in total. The van der Waals surface area contributed by atoms with E-state index in [4.69, 9.17) is 16.3 Å². The monoisotopic (exact) mass is 325 g/mol. The minimum atomic E-state index is -0.360. The lowest BCUT2D eigenvalue weighted by Gasteiger charge is -2.29. The fraction of sp³-hybridized carbons (Fsp3) is 0.467. The maximum absolute atomic E-state index is 12.3. The molecular weight excluding hydrogens is 306 g/mol. The molecule has 0 aliphatic carbocycles. The van der Waals surface area contributed by atoms with Crippen LogP contribution >= 0.6 is 11.6 Å². The number of rotatable bonds is 4. The van der Waals surface area contributed by atoms with Crippen molar-refractivity contribution in [2.24, 2.45) is 0 Å². The van der Waals surface area contributed by atoms with Gasteiger partial charge in [-0.05, 0) is 25.1 Å². The maximum atomic E-state index is 12.3. The lowest BCUT2D eigenvalue weighted by Crippen LogP contribution is -2.46. The Bertz CT molecular complexity index is 559. The molecule has 7 heteroatoms. The van der Waals surface area contributed by atoms with Crippen LogP contribution in [-0.4, -0.2) is 49.1 Å². The zero-order chi connectivity index (χ0) is 16.1. The number of hydrogen-bond donors (Lipinski definition) is 2. The van der Waals surface area contributed by atoms with E-state index in [2.05, 4.69) is 10.6 Å². The van der Waals surface area contributed by atoms with Crippen LogP contribution in [0.2, 0.25) is 5.02 Å². The summed E-state index contributed by atoms with van der Waals surface area (Å²) in [5, 5.41) is 6.19. The topological polar surface area (TPSA) is 70.7 Å². The second-order valence-electron chi connectivity index (χ2n) is 5.18. The van der Waals surface area contributed by atoms with E-state index in [1.807, 2.05) is 6.92 Å². The molecule has 1 aliphatic heterocycles. The highest BCUT2D eigenvalue weighted by Crippen LogP contribution is 2.26. The van der Waals surface area contributed by atoms with Gasteiger partial charge in [0.25, 0.3) is 0 Å². The molecule has 22 heavy (non-hydrogen) atoms. The molecule has 0 unspecified atom stereocenters. The molecule has 1 atom stereocenters. The number of hydrogen-bond acceptors (Lipinski definition) is 4. The van der Waals surface area contributed by atoms with Crippen LogP contribution in [0.5, 0.6) is 0 Å². The minimum Gasteiger partial charge on any atom is -0.378 e. The molecule has 2 N–H and O–H groups in total. The van der Waals surface area contributed by atoms with Gasteiger partial charge in [0.1, 0.15) is 6.04 Å². The van der Waals surface area contributed by atoms with Gasteiger partial charge in [0, 0.05) is 25.7 Å². The first-order chi connectivity index (χ1) is 10.5. The lowest BCUT2D eigenvalue weighted by molar-refractivity contribution is -0.135. The second-order valence-corrected chi connectivity index (χ2v) is 5.59. The number of carbonyl (C=O) groups excluding carboxylic acids is 2. The fourth-order valence-corrected chi connectivity index (χ4v) is 2.49. The van der Waals surface area contributed by atoms with Crippen molar-refractivity contribution in [2.75, 3.05) is 36.9 Å². The third-order valence-electron chi connectivity index (χ3n) is 3.36. The zero-order valence-electron chi connectivity index (χ0n) is 12.7. The van der Waals surface area contributed by atoms with Gasteiger partial charge in [0.2, 0.25) is 11.8 Å². The van der Waals surface area contributed by atoms with Crippen LogP contribution in [0.25, 0.3) is 0 Å². The van der Waals surface area contributed by atoms with Crippen molar-refractivity contribution >= 4 is 34.8 Å². The molecule has 120 valence electrons. The quantitative estimate of drug-likeness (QED) is 0.887. The summed E-state index contributed by atoms with van der Waals surface area (Å²) in [7, 11) is 0. The van der Waals surface area contributed by atoms with Crippen LogP contribution in [0.15, 0.2) is 18.2 Å². The Morgan fingerprint density at radius 2 is 2.00 bits per heavy atom. The summed E-state index contributed by atoms with van der Waals surface area (Å²) in [6, 6.07) is 4.81. The number of morpholine rings is 1. The van der Waals surface area contributed by atoms with Crippen molar-refractivity contribution in [3.8, 4) is 0 Å². The molecule has 2 amide bonds. The highest BCUT2D eigenvalue weighted by atomic mass is 35.5. The highest BCUT2D eigenvalue weighted by molar-refractivity contribution is 6.34. The van der Waals surface area contributed by atoms with Gasteiger partial charge in [-0.15, -0.1) is 0 Å². The Kier molecular flexibility index (Phi) is 5.63. The van der Waals surface area contributed by atoms with Gasteiger partial charge in [-0.2, -0.15) is 0 Å². The van der Waals surface area contributed by atoms with E-state index in [0.717, 1.165) is 5.69 Å². The van der Waals surface area contributed by atoms with Crippen molar-refractivity contribution in [1.82, 2.24) is 4.90 Å². The smallest absolute Gasteiger partial charge is 0.244 e. The molecule has 0 saturated carbocycles. The largest absolute Gasteiger partial charge is 0.378 e. The predicted octanol–water partition coefficient (Wildman–Crippen LogP) is 1.96. The summed E-state index contributed by atoms with van der Waals surface area (Å²) in [6.45, 7) is 5.63. The normalized spacial score (nSPS) is 16.0. The third kappa shape index (κ3) is 4.35. The van der Waals surface area contributed by atoms with Crippen molar-refractivity contribution in [1.29, 1.82) is 0 Å². The van der Waals surface area contributed by atoms with Crippen molar-refractivity contribution < 1.29 is 14.3 Å². The van der Waals surface area contributed by atoms with Gasteiger partial charge < -0.3 is 20.3 Å². The van der Waals surface area contributed by atoms with E-state index in [1.54, 1.807) is 23.1 Å². The molecule has 2 rings (SSSR count). The Morgan fingerprint density at radius 1 is 1.32 bits per heavy atom. The van der Waals surface area contributed by atoms with Crippen LogP contribution in [0.4, 0.5) is 11.4 Å². The first kappa shape index (κ1) is 16.6. The van der Waals surface area contributed by atoms with Gasteiger partial charge >= 0.3 is 0 Å². The Morgan fingerprint density at radius 3 is 2.59 bits per heavy atom. The van der Waals surface area contributed by atoms with Crippen LogP contribution in [-0.2, 0) is 14.3 Å². The number of nitrogens with one attached hydrogen (secondary N) is 2. The van der Waals surface area contributed by atoms with Crippen molar-refractivity contribution in [2.45, 2.75) is 19.9 Å². The lowest BCUT2D eigenvalue weighted by atomic mass is 10.2. The van der Waals surface area contributed by atoms with Crippen molar-refractivity contribution in [3.63, 3.8) is 0 Å². The highest BCUT2D eigenvalue weighted by Gasteiger charge is 2.22. The first-order valence-electron chi connectivity index (χ1n) is 7.17. The Hall–Kier alpha value is -1.79. The zero-order valence-corrected chi connectivity index (χ0v) is 13.4. The van der Waals surface area contributed by atoms with E-state index >= 15 is 0 Å². The van der Waals surface area contributed by atoms with E-state index in [1.165, 1.54) is 6.92 Å². The number of benzene rings is 1. The Balaban J connectivity index is 1.98. The predicted molar refractivity (Wildman–Crippen MR) is 86.2 cm³/mol. The molecule has 1 saturated heterocycles. The van der Waals surface area contributed by atoms with E-state index in [-0.39, 0.29) is 17.9 Å². The van der Waals surface area contributed by atoms with Gasteiger partial charge in [0.15, 0.2) is 0 Å². The van der Waals surface area contributed by atoms with Crippen LogP contribution in [0.3, 0.4) is 0 Å². The van der Waals surface area contributed by atoms with Crippen LogP contribution in [0.1, 0.15) is 13.8 Å². The average molecular weight is 326 g/mol. The molecule has 1 fully saturated rings. The minimum absolute atomic E-state index is 0.0327. The SMILES string of the molecule is CC(=O)Nc1ccc(N[C@@H](C)C(=O)N2CCOCC2)cc1Cl. The molecule has 0 bridgehead atoms. The first-order valence-corrected chi connectivity index (χ1v) is 7.55. The van der Waals surface area contributed by atoms with Gasteiger partial charge in [-0.3, -0.25) is 9.59 Å². The summed E-state index contributed by atoms with van der Waals surface area (Å²) >= 11 is 6.12. The fourth-order valence-electron chi connectivity index (χ4n) is 2.27. The van der Waals surface area contributed by atoms with Crippen molar-refractivity contribution in [3.05, 3.63) is 23.2 Å². The molecule has 1 heterocycles. The van der Waals surface area contributed by atoms with E-state index in [0.29, 0.717) is 37.0 Å². The number of ether oxygens (including phenoxy) is 1. The average Bonchev–Trinajstić information content (AvgIpc) is 2.49. The number of nitrogens with zero attached hydrogens (tertiary/aromatic N) is 1. The van der Waals surface area contributed by atoms with Crippen LogP contribution in [0, 0.1) is 0 Å². The number of anilines is 2. The Labute approximate surface area is 134 Å². The molecule has 0 radical (unpaired) electrons. The molecular formula is C15H20ClN3O3. The third-order valence-corrected chi connectivity index (χ3v) is 3.67. The van der Waals surface area contributed by atoms with Gasteiger partial charge in [-0.25, -0.2) is 0 Å². The summed E-state index contributed by atoms with van der Waals surface area (Å²) < 4.78 is 5.24. The summed E-state index contributed by atoms with van der Waals surface area (Å²) in [6.07, 6.45) is 0. The second kappa shape index (κ2) is 7.47. The van der Waals surface area contributed by atoms with E-state index < -0.39 is 0 Å². The van der Waals surface area contributed by atoms with Gasteiger partial charge in [0.05, 0.1) is 23.9 Å². The molecule has 1 aromatic carbocycles. The summed E-state index contributed by atoms with van der Waals surface area (Å²) in [4.78, 5) is 25.2. The molecule has 1 aromatic rings. The van der Waals surface area contributed by atoms with E-state index in [9.17, 15) is 9.59 Å². The summed E-state index contributed by atoms with van der Waals surface area (Å²) in [5.74, 6) is -0.149. The number of amides is 2.